The van der Waals surface area contributed by atoms with E-state index in [1.807, 2.05) is 0 Å². The Labute approximate surface area is 186 Å². The number of likely N-dealkylation sites (N-methyl/N-ethyl adjacent to an activating group) is 1. The lowest BCUT2D eigenvalue weighted by Crippen LogP contribution is -2.53. The Hall–Kier alpha value is -2.93. The highest BCUT2D eigenvalue weighted by Crippen LogP contribution is 2.24. The predicted molar refractivity (Wildman–Crippen MR) is 115 cm³/mol. The third kappa shape index (κ3) is 4.93. The highest BCUT2D eigenvalue weighted by molar-refractivity contribution is 7.87. The van der Waals surface area contributed by atoms with Gasteiger partial charge in [-0.3, -0.25) is 4.79 Å². The van der Waals surface area contributed by atoms with E-state index < -0.39 is 21.9 Å². The Morgan fingerprint density at radius 1 is 1.16 bits per heavy atom. The van der Waals surface area contributed by atoms with Crippen molar-refractivity contribution in [3.05, 3.63) is 18.6 Å². The summed E-state index contributed by atoms with van der Waals surface area (Å²) >= 11 is 0. The molecule has 0 atom stereocenters. The fourth-order valence-corrected chi connectivity index (χ4v) is 4.71. The van der Waals surface area contributed by atoms with Crippen molar-refractivity contribution in [2.45, 2.75) is 26.4 Å². The van der Waals surface area contributed by atoms with Crippen LogP contribution in [0.1, 0.15) is 20.8 Å². The highest BCUT2D eigenvalue weighted by Gasteiger charge is 2.32. The van der Waals surface area contributed by atoms with Gasteiger partial charge in [-0.2, -0.15) is 12.7 Å². The first-order valence-electron chi connectivity index (χ1n) is 10.0. The molecule has 32 heavy (non-hydrogen) atoms. The summed E-state index contributed by atoms with van der Waals surface area (Å²) in [6.45, 7) is 5.73. The molecule has 0 N–H and O–H groups in total. The van der Waals surface area contributed by atoms with Crippen molar-refractivity contribution < 1.29 is 27.5 Å². The number of rotatable bonds is 5. The van der Waals surface area contributed by atoms with Gasteiger partial charge in [0, 0.05) is 39.4 Å². The minimum atomic E-state index is -3.89. The standard InChI is InChI=1S/C19H28N6O6S/c1-19(2,3)31-18(27)22(4)12-15(26)23-8-10-24(11-9-23)32(28,29)25-7-6-14-16(25)20-13-21-17(14)30-5/h6-7,13H,8-12H2,1-5H3. The lowest BCUT2D eigenvalue weighted by atomic mass is 10.2. The van der Waals surface area contributed by atoms with E-state index in [0.717, 1.165) is 3.97 Å². The summed E-state index contributed by atoms with van der Waals surface area (Å²) < 4.78 is 39.1. The summed E-state index contributed by atoms with van der Waals surface area (Å²) in [7, 11) is -0.960. The molecule has 0 aromatic carbocycles. The van der Waals surface area contributed by atoms with Crippen LogP contribution in [0, 0.1) is 0 Å². The Balaban J connectivity index is 1.64. The maximum absolute atomic E-state index is 13.2. The third-order valence-corrected chi connectivity index (χ3v) is 6.66. The van der Waals surface area contributed by atoms with E-state index in [4.69, 9.17) is 9.47 Å². The SMILES string of the molecule is COc1ncnc2c1ccn2S(=O)(=O)N1CCN(C(=O)CN(C)C(=O)OC(C)(C)C)CC1. The van der Waals surface area contributed by atoms with Crippen molar-refractivity contribution >= 4 is 33.2 Å². The van der Waals surface area contributed by atoms with Crippen LogP contribution in [-0.2, 0) is 19.7 Å². The molecule has 2 amide bonds. The van der Waals surface area contributed by atoms with Gasteiger partial charge in [0.1, 0.15) is 18.5 Å². The molecule has 12 nitrogen and oxygen atoms in total. The molecule has 0 aliphatic carbocycles. The second kappa shape index (κ2) is 8.90. The minimum Gasteiger partial charge on any atom is -0.480 e. The maximum atomic E-state index is 13.2. The van der Waals surface area contributed by atoms with Crippen LogP contribution in [0.3, 0.4) is 0 Å². The normalized spacial score (nSPS) is 15.6. The molecule has 3 heterocycles. The number of fused-ring (bicyclic) bond motifs is 1. The molecule has 1 aliphatic rings. The first-order chi connectivity index (χ1) is 14.9. The summed E-state index contributed by atoms with van der Waals surface area (Å²) in [5, 5.41) is 0.484. The third-order valence-electron chi connectivity index (χ3n) is 4.85. The van der Waals surface area contributed by atoms with Crippen LogP contribution in [0.25, 0.3) is 11.0 Å². The second-order valence-electron chi connectivity index (χ2n) is 8.36. The van der Waals surface area contributed by atoms with Gasteiger partial charge in [0.25, 0.3) is 0 Å². The van der Waals surface area contributed by atoms with Crippen molar-refractivity contribution in [1.29, 1.82) is 0 Å². The first-order valence-corrected chi connectivity index (χ1v) is 11.4. The summed E-state index contributed by atoms with van der Waals surface area (Å²) in [5.41, 5.74) is -0.444. The van der Waals surface area contributed by atoms with Crippen molar-refractivity contribution in [2.24, 2.45) is 0 Å². The van der Waals surface area contributed by atoms with E-state index in [1.165, 1.54) is 40.8 Å². The number of ether oxygens (including phenoxy) is 2. The van der Waals surface area contributed by atoms with Gasteiger partial charge in [-0.15, -0.1) is 0 Å². The van der Waals surface area contributed by atoms with Crippen LogP contribution in [-0.4, -0.2) is 101 Å². The average Bonchev–Trinajstić information content (AvgIpc) is 3.17. The summed E-state index contributed by atoms with van der Waals surface area (Å²) in [6, 6.07) is 1.58. The van der Waals surface area contributed by atoms with Gasteiger partial charge < -0.3 is 19.3 Å². The Bertz CT molecular complexity index is 1100. The van der Waals surface area contributed by atoms with Crippen LogP contribution >= 0.6 is 0 Å². The number of aromatic nitrogens is 3. The van der Waals surface area contributed by atoms with Gasteiger partial charge in [0.15, 0.2) is 5.65 Å². The fraction of sp³-hybridized carbons (Fsp3) is 0.579. The molecule has 1 fully saturated rings. The molecule has 3 rings (SSSR count). The zero-order valence-electron chi connectivity index (χ0n) is 18.8. The average molecular weight is 469 g/mol. The predicted octanol–water partition coefficient (Wildman–Crippen LogP) is 0.544. The Morgan fingerprint density at radius 2 is 1.81 bits per heavy atom. The van der Waals surface area contributed by atoms with E-state index in [9.17, 15) is 18.0 Å². The monoisotopic (exact) mass is 468 g/mol. The van der Waals surface area contributed by atoms with Gasteiger partial charge in [-0.25, -0.2) is 18.7 Å². The van der Waals surface area contributed by atoms with Gasteiger partial charge in [0.05, 0.1) is 12.5 Å². The number of carbonyl (C=O) groups excluding carboxylic acids is 2. The van der Waals surface area contributed by atoms with E-state index in [-0.39, 0.29) is 50.2 Å². The molecule has 1 aliphatic heterocycles. The van der Waals surface area contributed by atoms with Crippen LogP contribution in [0.2, 0.25) is 0 Å². The lowest BCUT2D eigenvalue weighted by molar-refractivity contribution is -0.133. The summed E-state index contributed by atoms with van der Waals surface area (Å²) in [6.07, 6.45) is 2.05. The zero-order valence-corrected chi connectivity index (χ0v) is 19.6. The van der Waals surface area contributed by atoms with Gasteiger partial charge in [0.2, 0.25) is 11.8 Å². The molecule has 0 bridgehead atoms. The molecule has 0 unspecified atom stereocenters. The number of hydrogen-bond donors (Lipinski definition) is 0. The fourth-order valence-electron chi connectivity index (χ4n) is 3.25. The largest absolute Gasteiger partial charge is 0.480 e. The first kappa shape index (κ1) is 23.7. The number of carbonyl (C=O) groups is 2. The minimum absolute atomic E-state index is 0.117. The van der Waals surface area contributed by atoms with Crippen molar-refractivity contribution in [3.8, 4) is 5.88 Å². The molecule has 0 saturated carbocycles. The summed E-state index contributed by atoms with van der Waals surface area (Å²) in [4.78, 5) is 35.4. The molecule has 2 aromatic heterocycles. The second-order valence-corrected chi connectivity index (χ2v) is 10.2. The van der Waals surface area contributed by atoms with Crippen molar-refractivity contribution in [2.75, 3.05) is 46.9 Å². The maximum Gasteiger partial charge on any atom is 0.410 e. The van der Waals surface area contributed by atoms with E-state index in [0.29, 0.717) is 5.39 Å². The number of nitrogens with zero attached hydrogens (tertiary/aromatic N) is 6. The van der Waals surface area contributed by atoms with Crippen LogP contribution in [0.4, 0.5) is 4.79 Å². The zero-order chi connectivity index (χ0) is 23.7. The topological polar surface area (TPSA) is 127 Å². The molecule has 1 saturated heterocycles. The van der Waals surface area contributed by atoms with Gasteiger partial charge >= 0.3 is 16.3 Å². The number of methoxy groups -OCH3 is 1. The summed E-state index contributed by atoms with van der Waals surface area (Å²) in [5.74, 6) is 0.00720. The van der Waals surface area contributed by atoms with Crippen LogP contribution < -0.4 is 4.74 Å². The number of piperazine rings is 1. The Kier molecular flexibility index (Phi) is 6.60. The number of hydrogen-bond acceptors (Lipinski definition) is 8. The molecule has 176 valence electrons. The van der Waals surface area contributed by atoms with Gasteiger partial charge in [-0.1, -0.05) is 0 Å². The molecule has 0 spiro atoms. The molecular weight excluding hydrogens is 440 g/mol. The van der Waals surface area contributed by atoms with Crippen molar-refractivity contribution in [1.82, 2.24) is 28.0 Å². The Morgan fingerprint density at radius 3 is 2.41 bits per heavy atom. The molecule has 13 heteroatoms. The van der Waals surface area contributed by atoms with Crippen LogP contribution in [0.15, 0.2) is 18.6 Å². The molecular formula is C19H28N6O6S. The quantitative estimate of drug-likeness (QED) is 0.622. The van der Waals surface area contributed by atoms with E-state index in [1.54, 1.807) is 26.8 Å². The van der Waals surface area contributed by atoms with E-state index >= 15 is 0 Å². The van der Waals surface area contributed by atoms with E-state index in [2.05, 4.69) is 9.97 Å². The van der Waals surface area contributed by atoms with Crippen molar-refractivity contribution in [3.63, 3.8) is 0 Å². The number of amides is 2. The molecule has 0 radical (unpaired) electrons. The lowest BCUT2D eigenvalue weighted by Gasteiger charge is -2.35. The smallest absolute Gasteiger partial charge is 0.410 e. The van der Waals surface area contributed by atoms with Crippen LogP contribution in [0.5, 0.6) is 5.88 Å². The van der Waals surface area contributed by atoms with Gasteiger partial charge in [-0.05, 0) is 26.8 Å². The molecule has 2 aromatic rings. The highest BCUT2D eigenvalue weighted by atomic mass is 32.2.